The SMILES string of the molecule is CCCC1(C(=O)c2cncc(OCC)c2)CCCN1. The summed E-state index contributed by atoms with van der Waals surface area (Å²) < 4.78 is 5.42. The van der Waals surface area contributed by atoms with E-state index in [0.29, 0.717) is 17.9 Å². The van der Waals surface area contributed by atoms with Crippen molar-refractivity contribution in [2.24, 2.45) is 0 Å². The van der Waals surface area contributed by atoms with Gasteiger partial charge >= 0.3 is 0 Å². The Morgan fingerprint density at radius 3 is 2.95 bits per heavy atom. The van der Waals surface area contributed by atoms with E-state index in [0.717, 1.165) is 32.2 Å². The molecule has 104 valence electrons. The molecule has 1 fully saturated rings. The largest absolute Gasteiger partial charge is 0.492 e. The molecular weight excluding hydrogens is 240 g/mol. The highest BCUT2D eigenvalue weighted by Gasteiger charge is 2.40. The van der Waals surface area contributed by atoms with Crippen LogP contribution in [0.15, 0.2) is 18.5 Å². The second kappa shape index (κ2) is 6.15. The van der Waals surface area contributed by atoms with Crippen LogP contribution in [0.3, 0.4) is 0 Å². The van der Waals surface area contributed by atoms with Gasteiger partial charge in [-0.1, -0.05) is 13.3 Å². The van der Waals surface area contributed by atoms with E-state index < -0.39 is 0 Å². The lowest BCUT2D eigenvalue weighted by Crippen LogP contribution is -2.47. The van der Waals surface area contributed by atoms with Gasteiger partial charge in [0.25, 0.3) is 0 Å². The van der Waals surface area contributed by atoms with Gasteiger partial charge in [-0.2, -0.15) is 0 Å². The molecule has 0 radical (unpaired) electrons. The Morgan fingerprint density at radius 2 is 2.32 bits per heavy atom. The molecule has 0 amide bonds. The third-order valence-corrected chi connectivity index (χ3v) is 3.64. The van der Waals surface area contributed by atoms with Gasteiger partial charge in [-0.3, -0.25) is 9.78 Å². The number of ketones is 1. The molecule has 0 bridgehead atoms. The minimum atomic E-state index is -0.388. The summed E-state index contributed by atoms with van der Waals surface area (Å²) in [6.45, 7) is 5.54. The zero-order valence-electron chi connectivity index (χ0n) is 11.7. The second-order valence-electron chi connectivity index (χ2n) is 5.03. The first kappa shape index (κ1) is 14.0. The van der Waals surface area contributed by atoms with E-state index in [1.54, 1.807) is 18.5 Å². The van der Waals surface area contributed by atoms with Crippen molar-refractivity contribution >= 4 is 5.78 Å². The number of carbonyl (C=O) groups is 1. The fraction of sp³-hybridized carbons (Fsp3) is 0.600. The van der Waals surface area contributed by atoms with Crippen LogP contribution >= 0.6 is 0 Å². The maximum Gasteiger partial charge on any atom is 0.184 e. The number of nitrogens with one attached hydrogen (secondary N) is 1. The molecule has 0 spiro atoms. The smallest absolute Gasteiger partial charge is 0.184 e. The van der Waals surface area contributed by atoms with Gasteiger partial charge in [-0.05, 0) is 38.8 Å². The van der Waals surface area contributed by atoms with Crippen LogP contribution < -0.4 is 10.1 Å². The Bertz CT molecular complexity index is 440. The summed E-state index contributed by atoms with van der Waals surface area (Å²) in [6, 6.07) is 1.80. The monoisotopic (exact) mass is 262 g/mol. The lowest BCUT2D eigenvalue weighted by molar-refractivity contribution is 0.0857. The van der Waals surface area contributed by atoms with Crippen molar-refractivity contribution in [1.29, 1.82) is 0 Å². The number of pyridine rings is 1. The number of Topliss-reactive ketones (excluding diaryl/α,β-unsaturated/α-hetero) is 1. The van der Waals surface area contributed by atoms with Crippen LogP contribution in [0.1, 0.15) is 49.9 Å². The van der Waals surface area contributed by atoms with E-state index in [2.05, 4.69) is 17.2 Å². The van der Waals surface area contributed by atoms with Crippen molar-refractivity contribution in [3.63, 3.8) is 0 Å². The van der Waals surface area contributed by atoms with Crippen molar-refractivity contribution < 1.29 is 9.53 Å². The average molecular weight is 262 g/mol. The van der Waals surface area contributed by atoms with E-state index in [9.17, 15) is 4.79 Å². The molecule has 1 aromatic rings. The third-order valence-electron chi connectivity index (χ3n) is 3.64. The van der Waals surface area contributed by atoms with Gasteiger partial charge in [0.15, 0.2) is 5.78 Å². The summed E-state index contributed by atoms with van der Waals surface area (Å²) in [5, 5.41) is 3.40. The van der Waals surface area contributed by atoms with Crippen molar-refractivity contribution in [2.45, 2.75) is 45.1 Å². The van der Waals surface area contributed by atoms with Crippen LogP contribution in [0, 0.1) is 0 Å². The quantitative estimate of drug-likeness (QED) is 0.801. The molecule has 0 aromatic carbocycles. The van der Waals surface area contributed by atoms with Crippen molar-refractivity contribution in [2.75, 3.05) is 13.2 Å². The van der Waals surface area contributed by atoms with E-state index in [1.165, 1.54) is 0 Å². The number of aromatic nitrogens is 1. The highest BCUT2D eigenvalue weighted by molar-refractivity contribution is 6.03. The fourth-order valence-corrected chi connectivity index (χ4v) is 2.82. The average Bonchev–Trinajstić information content (AvgIpc) is 2.89. The summed E-state index contributed by atoms with van der Waals surface area (Å²) in [5.74, 6) is 0.818. The fourth-order valence-electron chi connectivity index (χ4n) is 2.82. The molecule has 1 unspecified atom stereocenters. The number of hydrogen-bond acceptors (Lipinski definition) is 4. The molecule has 2 heterocycles. The first-order valence-electron chi connectivity index (χ1n) is 7.09. The topological polar surface area (TPSA) is 51.2 Å². The van der Waals surface area contributed by atoms with E-state index >= 15 is 0 Å². The minimum absolute atomic E-state index is 0.154. The lowest BCUT2D eigenvalue weighted by Gasteiger charge is -2.27. The molecule has 4 heteroatoms. The van der Waals surface area contributed by atoms with Crippen LogP contribution in [0.25, 0.3) is 0 Å². The first-order valence-corrected chi connectivity index (χ1v) is 7.09. The van der Waals surface area contributed by atoms with Crippen LogP contribution in [0.5, 0.6) is 5.75 Å². The minimum Gasteiger partial charge on any atom is -0.492 e. The van der Waals surface area contributed by atoms with Crippen LogP contribution in [-0.2, 0) is 0 Å². The lowest BCUT2D eigenvalue weighted by atomic mass is 9.84. The van der Waals surface area contributed by atoms with Gasteiger partial charge < -0.3 is 10.1 Å². The summed E-state index contributed by atoms with van der Waals surface area (Å²) >= 11 is 0. The Balaban J connectivity index is 2.24. The van der Waals surface area contributed by atoms with Crippen LogP contribution in [-0.4, -0.2) is 29.5 Å². The molecule has 19 heavy (non-hydrogen) atoms. The highest BCUT2D eigenvalue weighted by Crippen LogP contribution is 2.29. The number of carbonyl (C=O) groups excluding carboxylic acids is 1. The molecule has 4 nitrogen and oxygen atoms in total. The van der Waals surface area contributed by atoms with E-state index in [4.69, 9.17) is 4.74 Å². The van der Waals surface area contributed by atoms with Gasteiger partial charge in [0.05, 0.1) is 18.3 Å². The van der Waals surface area contributed by atoms with E-state index in [-0.39, 0.29) is 11.3 Å². The molecule has 1 aromatic heterocycles. The van der Waals surface area contributed by atoms with Crippen LogP contribution in [0.4, 0.5) is 0 Å². The number of ether oxygens (including phenoxy) is 1. The van der Waals surface area contributed by atoms with Gasteiger partial charge in [0.2, 0.25) is 0 Å². The molecular formula is C15H22N2O2. The summed E-state index contributed by atoms with van der Waals surface area (Å²) in [7, 11) is 0. The van der Waals surface area contributed by atoms with Gasteiger partial charge in [0, 0.05) is 11.8 Å². The highest BCUT2D eigenvalue weighted by atomic mass is 16.5. The Morgan fingerprint density at radius 1 is 1.47 bits per heavy atom. The molecule has 1 aliphatic heterocycles. The molecule has 2 rings (SSSR count). The first-order chi connectivity index (χ1) is 9.22. The zero-order valence-corrected chi connectivity index (χ0v) is 11.7. The number of hydrogen-bond donors (Lipinski definition) is 1. The molecule has 1 saturated heterocycles. The zero-order chi connectivity index (χ0) is 13.7. The molecule has 1 N–H and O–H groups in total. The number of rotatable bonds is 6. The van der Waals surface area contributed by atoms with Gasteiger partial charge in [-0.25, -0.2) is 0 Å². The van der Waals surface area contributed by atoms with Crippen molar-refractivity contribution in [3.05, 3.63) is 24.0 Å². The summed E-state index contributed by atoms with van der Waals surface area (Å²) in [4.78, 5) is 16.9. The van der Waals surface area contributed by atoms with Crippen LogP contribution in [0.2, 0.25) is 0 Å². The molecule has 1 aliphatic rings. The molecule has 1 atom stereocenters. The Kier molecular flexibility index (Phi) is 4.53. The van der Waals surface area contributed by atoms with Gasteiger partial charge in [-0.15, -0.1) is 0 Å². The van der Waals surface area contributed by atoms with E-state index in [1.807, 2.05) is 6.92 Å². The normalized spacial score (nSPS) is 22.4. The Labute approximate surface area is 114 Å². The molecule has 0 aliphatic carbocycles. The predicted octanol–water partition coefficient (Wildman–Crippen LogP) is 2.59. The third kappa shape index (κ3) is 2.95. The van der Waals surface area contributed by atoms with Crippen molar-refractivity contribution in [3.8, 4) is 5.75 Å². The Hall–Kier alpha value is -1.42. The van der Waals surface area contributed by atoms with Crippen molar-refractivity contribution in [1.82, 2.24) is 10.3 Å². The maximum atomic E-state index is 12.8. The predicted molar refractivity (Wildman–Crippen MR) is 74.6 cm³/mol. The molecule has 0 saturated carbocycles. The maximum absolute atomic E-state index is 12.8. The second-order valence-corrected chi connectivity index (χ2v) is 5.03. The van der Waals surface area contributed by atoms with Gasteiger partial charge in [0.1, 0.15) is 5.75 Å². The summed E-state index contributed by atoms with van der Waals surface area (Å²) in [6.07, 6.45) is 7.14. The standard InChI is InChI=1S/C15H22N2O2/c1-3-6-15(7-5-8-17-15)14(18)12-9-13(19-4-2)11-16-10-12/h9-11,17H,3-8H2,1-2H3. The summed E-state index contributed by atoms with van der Waals surface area (Å²) in [5.41, 5.74) is 0.259. The number of nitrogens with zero attached hydrogens (tertiary/aromatic N) is 1.